The number of thiophene rings is 2. The Hall–Kier alpha value is -4.15. The number of nitrogens with two attached hydrogens (primary N) is 1. The van der Waals surface area contributed by atoms with Gasteiger partial charge in [0.2, 0.25) is 15.9 Å². The number of primary sulfonamides is 1. The summed E-state index contributed by atoms with van der Waals surface area (Å²) in [6, 6.07) is 1.63. The van der Waals surface area contributed by atoms with E-state index in [2.05, 4.69) is 16.3 Å². The van der Waals surface area contributed by atoms with E-state index in [1.165, 1.54) is 16.4 Å². The fourth-order valence-electron chi connectivity index (χ4n) is 13.6. The van der Waals surface area contributed by atoms with Crippen molar-refractivity contribution in [2.24, 2.45) is 33.2 Å². The zero-order chi connectivity index (χ0) is 72.5. The van der Waals surface area contributed by atoms with Crippen LogP contribution in [0, 0.1) is 23.7 Å². The molecule has 0 spiro atoms. The van der Waals surface area contributed by atoms with Crippen molar-refractivity contribution in [3.05, 3.63) is 96.2 Å². The van der Waals surface area contributed by atoms with Crippen molar-refractivity contribution in [3.8, 4) is 0 Å². The smallest absolute Gasteiger partial charge is 0.305 e. The summed E-state index contributed by atoms with van der Waals surface area (Å²) in [5, 5.41) is 62.1. The van der Waals surface area contributed by atoms with Crippen LogP contribution in [0.5, 0.6) is 0 Å². The summed E-state index contributed by atoms with van der Waals surface area (Å²) in [6.45, 7) is 12.8. The third-order valence-corrected chi connectivity index (χ3v) is 29.7. The summed E-state index contributed by atoms with van der Waals surface area (Å²) < 4.78 is 127. The molecule has 2 aromatic heterocycles. The summed E-state index contributed by atoms with van der Waals surface area (Å²) in [5.41, 5.74) is 1.56. The molecule has 4 aliphatic rings. The van der Waals surface area contributed by atoms with Crippen molar-refractivity contribution in [1.29, 1.82) is 0 Å². The van der Waals surface area contributed by atoms with Gasteiger partial charge in [-0.25, -0.2) is 30.4 Å². The maximum Gasteiger partial charge on any atom is 0.305 e. The number of amides is 1. The Morgan fingerprint density at radius 3 is 2.14 bits per heavy atom. The molecule has 2 fully saturated rings. The van der Waals surface area contributed by atoms with Crippen molar-refractivity contribution >= 4 is 80.7 Å². The minimum absolute atomic E-state index is 0.0220. The lowest BCUT2D eigenvalue weighted by atomic mass is 9.85. The summed E-state index contributed by atoms with van der Waals surface area (Å²) in [7, 11) is -14.5. The number of esters is 1. The first-order valence-corrected chi connectivity index (χ1v) is 42.7. The second-order valence-electron chi connectivity index (χ2n) is 26.3. The number of aliphatic hydroxyl groups is 5. The number of nitrogens with one attached hydrogen (secondary N) is 1. The van der Waals surface area contributed by atoms with Crippen LogP contribution in [0.4, 0.5) is 0 Å². The molecule has 1 amide bonds. The Balaban J connectivity index is 0.849. The van der Waals surface area contributed by atoms with Gasteiger partial charge < -0.3 is 50.0 Å². The Bertz CT molecular complexity index is 3570. The molecule has 0 bridgehead atoms. The molecule has 4 heterocycles. The molecule has 29 heteroatoms. The minimum atomic E-state index is -4.26. The Morgan fingerprint density at radius 2 is 1.44 bits per heavy atom. The van der Waals surface area contributed by atoms with Crippen LogP contribution in [-0.4, -0.2) is 181 Å². The van der Waals surface area contributed by atoms with Gasteiger partial charge in [0.25, 0.3) is 20.0 Å². The molecule has 13 atom stereocenters. The van der Waals surface area contributed by atoms with Crippen molar-refractivity contribution < 1.29 is 83.0 Å². The molecule has 0 radical (unpaired) electrons. The molecule has 0 saturated heterocycles. The molecule has 2 saturated carbocycles. The zero-order valence-electron chi connectivity index (χ0n) is 58.1. The number of hydrogen-bond donors (Lipinski definition) is 7. The predicted molar refractivity (Wildman–Crippen MR) is 386 cm³/mol. The number of fused-ring (bicyclic) bond motifs is 2. The molecule has 0 unspecified atom stereocenters. The number of likely N-dealkylation sites (N-methyl/N-ethyl adjacent to an activating group) is 1. The molecule has 8 N–H and O–H groups in total. The SMILES string of the molecule is C=C(/C=C\C=C/C)CC[C@H](O)/C=C/[C@@H]1[C@@H](C/C=C\CCCC(=O)N(CC)[C@H]2CN(CCCOCCCCCC[C@@H](CC[C@@H]3[C@@H](C/C=C\CCCC(=O)OCCC=NS(=O)(=O)c4cc5c(s4)S(=O)(=O)[C@@H](C)C[C@@H]5NCC)[C@@H](O)C[C@H]3O)OC)S(=O)(=O)c3sc(S(N)(=O)=O)cc32)[C@@H](O)C[C@H]1O. The van der Waals surface area contributed by atoms with Gasteiger partial charge in [0.1, 0.15) is 16.8 Å². The first kappa shape index (κ1) is 83.8. The van der Waals surface area contributed by atoms with Gasteiger partial charge in [-0.3, -0.25) is 9.59 Å². The molecule has 558 valence electrons. The van der Waals surface area contributed by atoms with Crippen molar-refractivity contribution in [2.45, 2.75) is 240 Å². The average molecular weight is 1500 g/mol. The quantitative estimate of drug-likeness (QED) is 0.0107. The van der Waals surface area contributed by atoms with E-state index >= 15 is 0 Å². The number of sulfonamides is 3. The van der Waals surface area contributed by atoms with E-state index in [4.69, 9.17) is 19.3 Å². The molecule has 2 aliphatic carbocycles. The van der Waals surface area contributed by atoms with Crippen LogP contribution >= 0.6 is 22.7 Å². The average Bonchev–Trinajstić information content (AvgIpc) is 1.66. The number of sulfone groups is 1. The number of unbranched alkanes of at least 4 members (excludes halogenated alkanes) is 5. The van der Waals surface area contributed by atoms with E-state index in [0.717, 1.165) is 50.3 Å². The van der Waals surface area contributed by atoms with E-state index in [-0.39, 0.29) is 123 Å². The molecule has 2 aromatic rings. The normalized spacial score (nSPS) is 25.6. The van der Waals surface area contributed by atoms with Crippen LogP contribution in [-0.2, 0) is 63.7 Å². The Labute approximate surface area is 596 Å². The summed E-state index contributed by atoms with van der Waals surface area (Å²) in [4.78, 5) is 28.0. The van der Waals surface area contributed by atoms with Gasteiger partial charge in [0.15, 0.2) is 9.84 Å². The van der Waals surface area contributed by atoms with Gasteiger partial charge in [-0.15, -0.1) is 22.7 Å². The molecule has 0 aromatic carbocycles. The highest BCUT2D eigenvalue weighted by Crippen LogP contribution is 2.45. The number of rotatable bonds is 44. The second kappa shape index (κ2) is 40.8. The van der Waals surface area contributed by atoms with E-state index in [1.807, 2.05) is 62.5 Å². The van der Waals surface area contributed by atoms with Crippen molar-refractivity contribution in [2.75, 3.05) is 53.1 Å². The number of hydrogen-bond acceptors (Lipinski definition) is 21. The number of ether oxygens (including phenoxy) is 3. The van der Waals surface area contributed by atoms with Gasteiger partial charge >= 0.3 is 5.97 Å². The largest absolute Gasteiger partial charge is 0.465 e. The third kappa shape index (κ3) is 24.8. The Kier molecular flexibility index (Phi) is 34.5. The van der Waals surface area contributed by atoms with Crippen LogP contribution < -0.4 is 10.5 Å². The molecular weight excluding hydrogens is 1390 g/mol. The van der Waals surface area contributed by atoms with Gasteiger partial charge in [0, 0.05) is 94.9 Å². The maximum absolute atomic E-state index is 14.1. The van der Waals surface area contributed by atoms with Gasteiger partial charge in [0.05, 0.1) is 54.5 Å². The second-order valence-corrected chi connectivity index (χ2v) is 36.8. The molecular formula is C70H109N5O18S6. The lowest BCUT2D eigenvalue weighted by molar-refractivity contribution is -0.143. The first-order valence-electron chi connectivity index (χ1n) is 35.1. The fourth-order valence-corrected chi connectivity index (χ4v) is 22.8. The van der Waals surface area contributed by atoms with Crippen LogP contribution in [0.1, 0.15) is 192 Å². The molecule has 23 nitrogen and oxygen atoms in total. The minimum Gasteiger partial charge on any atom is -0.465 e. The van der Waals surface area contributed by atoms with Gasteiger partial charge in [-0.05, 0) is 154 Å². The highest BCUT2D eigenvalue weighted by Gasteiger charge is 2.45. The number of carbonyl (C=O) groups is 2. The Morgan fingerprint density at radius 1 is 0.788 bits per heavy atom. The fraction of sp³-hybridized carbons (Fsp3) is 0.671. The maximum atomic E-state index is 14.1. The van der Waals surface area contributed by atoms with Crippen LogP contribution in [0.3, 0.4) is 0 Å². The van der Waals surface area contributed by atoms with E-state index in [1.54, 1.807) is 38.0 Å². The van der Waals surface area contributed by atoms with Crippen LogP contribution in [0.25, 0.3) is 0 Å². The van der Waals surface area contributed by atoms with Crippen molar-refractivity contribution in [1.82, 2.24) is 14.5 Å². The van der Waals surface area contributed by atoms with Crippen LogP contribution in [0.2, 0.25) is 0 Å². The lowest BCUT2D eigenvalue weighted by Crippen LogP contribution is -2.47. The summed E-state index contributed by atoms with van der Waals surface area (Å²) >= 11 is 1.29. The third-order valence-electron chi connectivity index (χ3n) is 19.2. The van der Waals surface area contributed by atoms with Gasteiger partial charge in [-0.1, -0.05) is 99.1 Å². The predicted octanol–water partition coefficient (Wildman–Crippen LogP) is 9.45. The highest BCUT2D eigenvalue weighted by atomic mass is 32.3. The zero-order valence-corrected chi connectivity index (χ0v) is 63.0. The lowest BCUT2D eigenvalue weighted by Gasteiger charge is -2.38. The van der Waals surface area contributed by atoms with Crippen molar-refractivity contribution in [3.63, 3.8) is 0 Å². The molecule has 99 heavy (non-hydrogen) atoms. The standard InChI is InChI=1S/C70H109N5O18S6/c1-7-10-17-26-49(4)32-33-51(76)34-36-55-53(61(77)46-63(55)79)28-19-11-13-21-30-65(81)75(9-3)60-48-74(99(89,90)70-58(60)45-67(94-70)97(71,85)86)39-25-41-92-40-23-16-15-18-27-52(91-6)35-37-56-54(62(78)47-64(56)80)29-20-12-14-22-31-66(82)93-42-24-38-73-98(87,88)68-44-57-59(72-8-2)43-50(5)96(83,84)69(57)95-68/h7,10-12,17,19-20,26,34,36,38,44-45,50-56,59-64,72,76-80H,4,8-9,13-16,18,21-25,27-33,35,37,39-43,46-48H2,1-3,5-6H3,(H2,71,85,86)/b10-7-,19-11-,20-12-,26-17-,36-34+,73-38?/t50-,51-,52-,53+,54+,55+,56+,59-,60-,61-,62-,63+,64+/m0/s1. The number of carbonyl (C=O) groups excluding carboxylic acids is 2. The molecule has 2 aliphatic heterocycles. The molecule has 6 rings (SSSR count). The number of methoxy groups -OCH3 is 1. The summed E-state index contributed by atoms with van der Waals surface area (Å²) in [6.07, 6.45) is 28.2. The highest BCUT2D eigenvalue weighted by molar-refractivity contribution is 7.96. The van der Waals surface area contributed by atoms with E-state index in [0.29, 0.717) is 118 Å². The van der Waals surface area contributed by atoms with E-state index in [9.17, 15) is 68.8 Å². The first-order chi connectivity index (χ1) is 47.1. The number of allylic oxidation sites excluding steroid dienone is 9. The number of nitrogens with zero attached hydrogens (tertiary/aromatic N) is 3. The number of aliphatic hydroxyl groups excluding tert-OH is 5. The topological polar surface area (TPSA) is 356 Å². The monoisotopic (exact) mass is 1500 g/mol. The van der Waals surface area contributed by atoms with E-state index < -0.39 is 87.7 Å². The summed E-state index contributed by atoms with van der Waals surface area (Å²) in [5.74, 6) is -1.50. The van der Waals surface area contributed by atoms with Gasteiger partial charge in [-0.2, -0.15) is 17.1 Å². The van der Waals surface area contributed by atoms with Crippen LogP contribution in [0.15, 0.2) is 106 Å².